The van der Waals surface area contributed by atoms with E-state index in [1.165, 1.54) is 0 Å². The first-order chi connectivity index (χ1) is 10.0. The highest BCUT2D eigenvalue weighted by molar-refractivity contribution is 5.81. The smallest absolute Gasteiger partial charge is 0.410 e. The predicted octanol–water partition coefficient (Wildman–Crippen LogP) is 1.97. The number of amides is 2. The molecule has 2 N–H and O–H groups in total. The van der Waals surface area contributed by atoms with Gasteiger partial charge in [-0.2, -0.15) is 0 Å². The highest BCUT2D eigenvalue weighted by atomic mass is 16.6. The zero-order valence-corrected chi connectivity index (χ0v) is 14.8. The Hall–Kier alpha value is -1.30. The summed E-state index contributed by atoms with van der Waals surface area (Å²) in [6, 6.07) is -0.510. The number of likely N-dealkylation sites (tertiary alicyclic amines) is 1. The number of carbonyl (C=O) groups excluding carboxylic acids is 2. The molecular formula is C16H31N3O3. The van der Waals surface area contributed by atoms with E-state index < -0.39 is 11.6 Å². The number of carbonyl (C=O) groups is 2. The molecule has 22 heavy (non-hydrogen) atoms. The third-order valence-electron chi connectivity index (χ3n) is 3.65. The Balaban J connectivity index is 2.83. The maximum absolute atomic E-state index is 12.5. The summed E-state index contributed by atoms with van der Waals surface area (Å²) in [6.07, 6.45) is 1.43. The van der Waals surface area contributed by atoms with E-state index in [0.29, 0.717) is 13.1 Å². The zero-order valence-electron chi connectivity index (χ0n) is 14.8. The fraction of sp³-hybridized carbons (Fsp3) is 0.875. The van der Waals surface area contributed by atoms with Gasteiger partial charge in [0.1, 0.15) is 5.60 Å². The lowest BCUT2D eigenvalue weighted by atomic mass is 10.0. The average molecular weight is 313 g/mol. The van der Waals surface area contributed by atoms with Crippen LogP contribution in [-0.2, 0) is 9.53 Å². The molecule has 0 saturated carbocycles. The van der Waals surface area contributed by atoms with Crippen LogP contribution in [0, 0.1) is 0 Å². The van der Waals surface area contributed by atoms with Crippen LogP contribution in [-0.4, -0.2) is 58.6 Å². The third kappa shape index (κ3) is 5.16. The third-order valence-corrected chi connectivity index (χ3v) is 3.65. The van der Waals surface area contributed by atoms with Crippen molar-refractivity contribution in [2.75, 3.05) is 13.1 Å². The minimum atomic E-state index is -0.528. The first kappa shape index (κ1) is 18.7. The second-order valence-corrected chi connectivity index (χ2v) is 7.35. The highest BCUT2D eigenvalue weighted by Gasteiger charge is 2.34. The van der Waals surface area contributed by atoms with Crippen molar-refractivity contribution in [3.8, 4) is 0 Å². The van der Waals surface area contributed by atoms with Gasteiger partial charge in [-0.25, -0.2) is 4.79 Å². The van der Waals surface area contributed by atoms with Crippen LogP contribution in [0.5, 0.6) is 0 Å². The fourth-order valence-electron chi connectivity index (χ4n) is 2.77. The number of rotatable bonds is 3. The van der Waals surface area contributed by atoms with Gasteiger partial charge in [0.05, 0.1) is 12.1 Å². The Morgan fingerprint density at radius 2 is 1.86 bits per heavy atom. The van der Waals surface area contributed by atoms with Gasteiger partial charge >= 0.3 is 6.09 Å². The van der Waals surface area contributed by atoms with Gasteiger partial charge in [0.25, 0.3) is 0 Å². The van der Waals surface area contributed by atoms with Crippen molar-refractivity contribution >= 4 is 12.0 Å². The number of hydrogen-bond acceptors (Lipinski definition) is 4. The Labute approximate surface area is 134 Å². The Morgan fingerprint density at radius 3 is 2.32 bits per heavy atom. The molecule has 2 unspecified atom stereocenters. The van der Waals surface area contributed by atoms with Gasteiger partial charge in [-0.15, -0.1) is 0 Å². The number of hydrogen-bond donors (Lipinski definition) is 1. The summed E-state index contributed by atoms with van der Waals surface area (Å²) in [4.78, 5) is 28.1. The van der Waals surface area contributed by atoms with E-state index in [2.05, 4.69) is 0 Å². The summed E-state index contributed by atoms with van der Waals surface area (Å²) in [5, 5.41) is 0. The number of nitrogens with zero attached hydrogens (tertiary/aromatic N) is 2. The molecule has 128 valence electrons. The molecule has 6 nitrogen and oxygen atoms in total. The van der Waals surface area contributed by atoms with Crippen LogP contribution < -0.4 is 5.73 Å². The van der Waals surface area contributed by atoms with Gasteiger partial charge in [0.15, 0.2) is 0 Å². The molecule has 1 rings (SSSR count). The Kier molecular flexibility index (Phi) is 6.23. The van der Waals surface area contributed by atoms with Crippen molar-refractivity contribution in [3.05, 3.63) is 0 Å². The first-order valence-corrected chi connectivity index (χ1v) is 8.08. The second kappa shape index (κ2) is 7.31. The summed E-state index contributed by atoms with van der Waals surface area (Å²) < 4.78 is 5.52. The summed E-state index contributed by atoms with van der Waals surface area (Å²) in [5.41, 5.74) is 5.17. The van der Waals surface area contributed by atoms with E-state index in [0.717, 1.165) is 12.8 Å². The van der Waals surface area contributed by atoms with E-state index in [-0.39, 0.29) is 24.1 Å². The number of nitrogens with two attached hydrogens (primary N) is 1. The van der Waals surface area contributed by atoms with Gasteiger partial charge < -0.3 is 20.3 Å². The van der Waals surface area contributed by atoms with Gasteiger partial charge in [0, 0.05) is 19.1 Å². The second-order valence-electron chi connectivity index (χ2n) is 7.35. The van der Waals surface area contributed by atoms with Crippen LogP contribution in [0.15, 0.2) is 0 Å². The maximum Gasteiger partial charge on any atom is 0.410 e. The van der Waals surface area contributed by atoms with Gasteiger partial charge in [-0.3, -0.25) is 4.79 Å². The van der Waals surface area contributed by atoms with Crippen LogP contribution in [0.3, 0.4) is 0 Å². The normalized spacial score (nSPS) is 20.7. The molecule has 6 heteroatoms. The van der Waals surface area contributed by atoms with Crippen LogP contribution in [0.2, 0.25) is 0 Å². The lowest BCUT2D eigenvalue weighted by Gasteiger charge is -2.42. The topological polar surface area (TPSA) is 75.9 Å². The van der Waals surface area contributed by atoms with Crippen LogP contribution >= 0.6 is 0 Å². The monoisotopic (exact) mass is 313 g/mol. The van der Waals surface area contributed by atoms with E-state index in [1.807, 2.05) is 34.6 Å². The molecule has 1 heterocycles. The van der Waals surface area contributed by atoms with Crippen LogP contribution in [0.4, 0.5) is 4.79 Å². The fourth-order valence-corrected chi connectivity index (χ4v) is 2.77. The Bertz CT molecular complexity index is 402. The molecule has 0 aliphatic carbocycles. The number of ether oxygens (including phenoxy) is 1. The van der Waals surface area contributed by atoms with E-state index in [1.54, 1.807) is 16.7 Å². The minimum absolute atomic E-state index is 0.0187. The van der Waals surface area contributed by atoms with Gasteiger partial charge in [-0.1, -0.05) is 0 Å². The van der Waals surface area contributed by atoms with Crippen LogP contribution in [0.1, 0.15) is 54.4 Å². The molecule has 0 aromatic heterocycles. The molecule has 0 radical (unpaired) electrons. The van der Waals surface area contributed by atoms with Crippen molar-refractivity contribution in [1.29, 1.82) is 0 Å². The summed E-state index contributed by atoms with van der Waals surface area (Å²) in [7, 11) is 0. The summed E-state index contributed by atoms with van der Waals surface area (Å²) >= 11 is 0. The summed E-state index contributed by atoms with van der Waals surface area (Å²) in [6.45, 7) is 12.4. The highest BCUT2D eigenvalue weighted by Crippen LogP contribution is 2.21. The molecule has 1 aliphatic heterocycles. The molecule has 2 amide bonds. The van der Waals surface area contributed by atoms with Crippen molar-refractivity contribution < 1.29 is 14.3 Å². The molecule has 1 fully saturated rings. The van der Waals surface area contributed by atoms with E-state index in [9.17, 15) is 9.59 Å². The molecule has 2 atom stereocenters. The average Bonchev–Trinajstić information content (AvgIpc) is 2.35. The van der Waals surface area contributed by atoms with Crippen LogP contribution in [0.25, 0.3) is 0 Å². The maximum atomic E-state index is 12.5. The standard InChI is InChI=1S/C16H31N3O3/c1-11(2)19(15(21)22-16(4,5)6)13-8-7-9-18(10-13)14(20)12(3)17/h11-13H,7-10,17H2,1-6H3. The van der Waals surface area contributed by atoms with Gasteiger partial charge in [0.2, 0.25) is 5.91 Å². The zero-order chi connectivity index (χ0) is 17.1. The molecule has 0 spiro atoms. The molecule has 1 aliphatic rings. The largest absolute Gasteiger partial charge is 0.444 e. The minimum Gasteiger partial charge on any atom is -0.444 e. The van der Waals surface area contributed by atoms with E-state index >= 15 is 0 Å². The predicted molar refractivity (Wildman–Crippen MR) is 86.5 cm³/mol. The van der Waals surface area contributed by atoms with Crippen molar-refractivity contribution in [2.45, 2.75) is 78.1 Å². The van der Waals surface area contributed by atoms with Crippen molar-refractivity contribution in [1.82, 2.24) is 9.80 Å². The Morgan fingerprint density at radius 1 is 1.27 bits per heavy atom. The molecule has 0 bridgehead atoms. The lowest BCUT2D eigenvalue weighted by Crippen LogP contribution is -2.56. The SMILES string of the molecule is CC(N)C(=O)N1CCCC(N(C(=O)OC(C)(C)C)C(C)C)C1. The molecule has 1 saturated heterocycles. The molecule has 0 aromatic rings. The summed E-state index contributed by atoms with van der Waals surface area (Å²) in [5.74, 6) is -0.0578. The van der Waals surface area contributed by atoms with Crippen molar-refractivity contribution in [2.24, 2.45) is 5.73 Å². The first-order valence-electron chi connectivity index (χ1n) is 8.08. The van der Waals surface area contributed by atoms with Gasteiger partial charge in [-0.05, 0) is 54.4 Å². The lowest BCUT2D eigenvalue weighted by molar-refractivity contribution is -0.134. The van der Waals surface area contributed by atoms with Crippen molar-refractivity contribution in [3.63, 3.8) is 0 Å². The van der Waals surface area contributed by atoms with E-state index in [4.69, 9.17) is 10.5 Å². The molecular weight excluding hydrogens is 282 g/mol. The quantitative estimate of drug-likeness (QED) is 0.864. The molecule has 0 aromatic carbocycles. The number of piperidine rings is 1.